The van der Waals surface area contributed by atoms with Gasteiger partial charge in [0.15, 0.2) is 0 Å². The molecule has 0 aliphatic carbocycles. The Morgan fingerprint density at radius 3 is 2.71 bits per heavy atom. The summed E-state index contributed by atoms with van der Waals surface area (Å²) in [4.78, 5) is 0. The van der Waals surface area contributed by atoms with E-state index in [1.165, 1.54) is 0 Å². The van der Waals surface area contributed by atoms with E-state index in [-0.39, 0.29) is 0 Å². The summed E-state index contributed by atoms with van der Waals surface area (Å²) in [5.74, 6) is 0. The molecule has 2 unspecified atom stereocenters. The van der Waals surface area contributed by atoms with Crippen molar-refractivity contribution >= 4 is 0 Å². The molecule has 0 radical (unpaired) electrons. The van der Waals surface area contributed by atoms with E-state index in [4.69, 9.17) is 20.3 Å². The number of ether oxygens (including phenoxy) is 2. The minimum Gasteiger partial charge on any atom is -0.379 e. The maximum atomic E-state index is 8.33. The molecule has 1 heterocycles. The van der Waals surface area contributed by atoms with Crippen molar-refractivity contribution in [3.8, 4) is 0 Å². The van der Waals surface area contributed by atoms with Gasteiger partial charge in [-0.15, -0.1) is 6.58 Å². The molecule has 4 nitrogen and oxygen atoms in total. The summed E-state index contributed by atoms with van der Waals surface area (Å²) in [7, 11) is 0. The molecular weight excluding hydrogens is 182 g/mol. The molecule has 0 saturated carbocycles. The molecular formula is C10H21NO3. The lowest BCUT2D eigenvalue weighted by atomic mass is 10.3. The number of aliphatic hydroxyl groups is 1. The lowest BCUT2D eigenvalue weighted by Crippen LogP contribution is -2.17. The Morgan fingerprint density at radius 2 is 2.43 bits per heavy atom. The van der Waals surface area contributed by atoms with Crippen molar-refractivity contribution in [2.75, 3.05) is 19.8 Å². The average molecular weight is 203 g/mol. The van der Waals surface area contributed by atoms with E-state index in [9.17, 15) is 0 Å². The van der Waals surface area contributed by atoms with Crippen LogP contribution in [0.25, 0.3) is 0 Å². The van der Waals surface area contributed by atoms with Gasteiger partial charge in [0.1, 0.15) is 12.3 Å². The van der Waals surface area contributed by atoms with E-state index in [2.05, 4.69) is 6.58 Å². The van der Waals surface area contributed by atoms with E-state index < -0.39 is 6.23 Å². The van der Waals surface area contributed by atoms with Crippen molar-refractivity contribution in [3.05, 3.63) is 12.7 Å². The number of hydrogen-bond donors (Lipinski definition) is 2. The lowest BCUT2D eigenvalue weighted by molar-refractivity contribution is 0.141. The first-order chi connectivity index (χ1) is 6.70. The topological polar surface area (TPSA) is 68.0 Å². The van der Waals surface area contributed by atoms with Gasteiger partial charge >= 0.3 is 0 Å². The Balaban J connectivity index is 0.000000255. The Morgan fingerprint density at radius 1 is 1.79 bits per heavy atom. The third kappa shape index (κ3) is 11.6. The van der Waals surface area contributed by atoms with Crippen LogP contribution in [0, 0.1) is 0 Å². The zero-order valence-corrected chi connectivity index (χ0v) is 8.82. The molecule has 0 aromatic rings. The molecule has 1 fully saturated rings. The number of epoxide rings is 1. The average Bonchev–Trinajstić information content (AvgIpc) is 2.89. The van der Waals surface area contributed by atoms with Crippen molar-refractivity contribution < 1.29 is 14.6 Å². The van der Waals surface area contributed by atoms with E-state index in [1.54, 1.807) is 6.08 Å². The second kappa shape index (κ2) is 9.15. The number of nitrogens with two attached hydrogens (primary N) is 1. The van der Waals surface area contributed by atoms with Crippen LogP contribution in [0.2, 0.25) is 0 Å². The number of aliphatic hydroxyl groups excluding tert-OH is 1. The van der Waals surface area contributed by atoms with Gasteiger partial charge in [-0.2, -0.15) is 0 Å². The molecule has 0 spiro atoms. The molecule has 1 aliphatic rings. The van der Waals surface area contributed by atoms with E-state index in [1.807, 2.05) is 6.92 Å². The summed E-state index contributed by atoms with van der Waals surface area (Å²) < 4.78 is 9.96. The fourth-order valence-corrected chi connectivity index (χ4v) is 0.743. The Labute approximate surface area is 85.7 Å². The van der Waals surface area contributed by atoms with Crippen molar-refractivity contribution in [2.24, 2.45) is 5.73 Å². The van der Waals surface area contributed by atoms with Crippen LogP contribution in [0.5, 0.6) is 0 Å². The summed E-state index contributed by atoms with van der Waals surface area (Å²) in [5, 5.41) is 8.33. The van der Waals surface area contributed by atoms with Gasteiger partial charge in [-0.3, -0.25) is 0 Å². The van der Waals surface area contributed by atoms with E-state index in [0.29, 0.717) is 19.1 Å². The van der Waals surface area contributed by atoms with Gasteiger partial charge in [0.2, 0.25) is 0 Å². The zero-order valence-electron chi connectivity index (χ0n) is 8.82. The second-order valence-electron chi connectivity index (χ2n) is 3.14. The lowest BCUT2D eigenvalue weighted by Gasteiger charge is -1.96. The van der Waals surface area contributed by atoms with Crippen LogP contribution in [0.15, 0.2) is 12.7 Å². The molecule has 0 aromatic heterocycles. The van der Waals surface area contributed by atoms with Crippen LogP contribution >= 0.6 is 0 Å². The highest BCUT2D eigenvalue weighted by Gasteiger charge is 2.21. The molecule has 84 valence electrons. The monoisotopic (exact) mass is 203 g/mol. The van der Waals surface area contributed by atoms with Gasteiger partial charge in [-0.05, 0) is 6.42 Å². The van der Waals surface area contributed by atoms with Crippen LogP contribution in [-0.2, 0) is 9.47 Å². The Kier molecular flexibility index (Phi) is 8.87. The van der Waals surface area contributed by atoms with Gasteiger partial charge in [-0.25, -0.2) is 0 Å². The SMILES string of the molecule is C=CCOCC1CO1.CCCC(N)O. The standard InChI is InChI=1S/C6H10O2.C4H11NO/c1-2-3-7-4-6-5-8-6;1-2-3-4(5)6/h2,6H,1,3-5H2;4,6H,2-3,5H2,1H3. The highest BCUT2D eigenvalue weighted by Crippen LogP contribution is 2.07. The first kappa shape index (κ1) is 13.6. The van der Waals surface area contributed by atoms with Crippen molar-refractivity contribution in [2.45, 2.75) is 32.1 Å². The van der Waals surface area contributed by atoms with E-state index in [0.717, 1.165) is 19.6 Å². The van der Waals surface area contributed by atoms with Gasteiger partial charge in [0.25, 0.3) is 0 Å². The van der Waals surface area contributed by atoms with Gasteiger partial charge in [0, 0.05) is 0 Å². The molecule has 0 bridgehead atoms. The largest absolute Gasteiger partial charge is 0.379 e. The fourth-order valence-electron chi connectivity index (χ4n) is 0.743. The summed E-state index contributed by atoms with van der Waals surface area (Å²) in [5.41, 5.74) is 4.96. The van der Waals surface area contributed by atoms with Crippen LogP contribution in [0.3, 0.4) is 0 Å². The maximum Gasteiger partial charge on any atom is 0.104 e. The van der Waals surface area contributed by atoms with Gasteiger partial charge < -0.3 is 20.3 Å². The Hall–Kier alpha value is -0.420. The van der Waals surface area contributed by atoms with Crippen molar-refractivity contribution in [1.82, 2.24) is 0 Å². The minimum absolute atomic E-state index is 0.384. The van der Waals surface area contributed by atoms with Gasteiger partial charge in [0.05, 0.1) is 19.8 Å². The summed E-state index contributed by atoms with van der Waals surface area (Å²) in [6, 6.07) is 0. The Bertz CT molecular complexity index is 135. The highest BCUT2D eigenvalue weighted by molar-refractivity contribution is 4.70. The van der Waals surface area contributed by atoms with Crippen LogP contribution in [-0.4, -0.2) is 37.3 Å². The normalized spacial score (nSPS) is 20.6. The van der Waals surface area contributed by atoms with Crippen LogP contribution in [0.4, 0.5) is 0 Å². The maximum absolute atomic E-state index is 8.33. The molecule has 14 heavy (non-hydrogen) atoms. The van der Waals surface area contributed by atoms with Crippen LogP contribution in [0.1, 0.15) is 19.8 Å². The molecule has 0 amide bonds. The molecule has 2 atom stereocenters. The minimum atomic E-state index is -0.602. The summed E-state index contributed by atoms with van der Waals surface area (Å²) in [6.07, 6.45) is 3.19. The molecule has 3 N–H and O–H groups in total. The van der Waals surface area contributed by atoms with E-state index >= 15 is 0 Å². The molecule has 1 saturated heterocycles. The number of rotatable bonds is 6. The predicted molar refractivity (Wildman–Crippen MR) is 55.9 cm³/mol. The molecule has 0 aromatic carbocycles. The first-order valence-corrected chi connectivity index (χ1v) is 4.94. The van der Waals surface area contributed by atoms with Crippen molar-refractivity contribution in [3.63, 3.8) is 0 Å². The van der Waals surface area contributed by atoms with Crippen molar-refractivity contribution in [1.29, 1.82) is 0 Å². The summed E-state index contributed by atoms with van der Waals surface area (Å²) in [6.45, 7) is 7.73. The zero-order chi connectivity index (χ0) is 10.8. The number of hydrogen-bond acceptors (Lipinski definition) is 4. The second-order valence-corrected chi connectivity index (χ2v) is 3.14. The molecule has 1 aliphatic heterocycles. The third-order valence-electron chi connectivity index (χ3n) is 1.53. The van der Waals surface area contributed by atoms with Crippen LogP contribution < -0.4 is 5.73 Å². The summed E-state index contributed by atoms with van der Waals surface area (Å²) >= 11 is 0. The first-order valence-electron chi connectivity index (χ1n) is 4.94. The smallest absolute Gasteiger partial charge is 0.104 e. The third-order valence-corrected chi connectivity index (χ3v) is 1.53. The molecule has 4 heteroatoms. The molecule has 1 rings (SSSR count). The quantitative estimate of drug-likeness (QED) is 0.288. The fraction of sp³-hybridized carbons (Fsp3) is 0.800. The highest BCUT2D eigenvalue weighted by atomic mass is 16.6. The predicted octanol–water partition coefficient (Wildman–Crippen LogP) is 0.651. The van der Waals surface area contributed by atoms with Gasteiger partial charge in [-0.1, -0.05) is 19.4 Å².